The Hall–Kier alpha value is -2.55. The van der Waals surface area contributed by atoms with E-state index in [0.717, 1.165) is 0 Å². The lowest BCUT2D eigenvalue weighted by atomic mass is 10.2. The molecule has 0 fully saturated rings. The lowest BCUT2D eigenvalue weighted by molar-refractivity contribution is 0.413. The summed E-state index contributed by atoms with van der Waals surface area (Å²) in [7, 11) is 1.47. The molecule has 2 rings (SSSR count). The number of hydrogen-bond donors (Lipinski definition) is 1. The van der Waals surface area contributed by atoms with Gasteiger partial charge in [0.25, 0.3) is 0 Å². The van der Waals surface area contributed by atoms with E-state index >= 15 is 0 Å². The Morgan fingerprint density at radius 2 is 2.25 bits per heavy atom. The second kappa shape index (κ2) is 3.55. The van der Waals surface area contributed by atoms with Crippen LogP contribution in [-0.4, -0.2) is 12.2 Å². The molecule has 80 valence electrons. The standard InChI is InChI=1S/C10H6N2O4/c1-15-5-2-3-6-7(4-5)16-10(14)8(12-11)9(6)13/h2-4H,1H3/p+1. The van der Waals surface area contributed by atoms with Crippen LogP contribution >= 0.6 is 0 Å². The van der Waals surface area contributed by atoms with E-state index in [0.29, 0.717) is 5.75 Å². The van der Waals surface area contributed by atoms with Crippen LogP contribution in [0.5, 0.6) is 11.5 Å². The highest BCUT2D eigenvalue weighted by atomic mass is 16.5. The zero-order valence-electron chi connectivity index (χ0n) is 8.30. The second-order valence-electron chi connectivity index (χ2n) is 3.05. The number of aromatic hydroxyl groups is 1. The van der Waals surface area contributed by atoms with Crippen molar-refractivity contribution in [1.29, 1.82) is 5.39 Å². The Morgan fingerprint density at radius 3 is 2.88 bits per heavy atom. The van der Waals surface area contributed by atoms with Gasteiger partial charge in [-0.15, -0.1) is 0 Å². The minimum atomic E-state index is -0.916. The first-order valence-electron chi connectivity index (χ1n) is 4.36. The summed E-state index contributed by atoms with van der Waals surface area (Å²) in [4.78, 5) is 13.9. The summed E-state index contributed by atoms with van der Waals surface area (Å²) in [5.74, 6) is 0.0696. The van der Waals surface area contributed by atoms with Gasteiger partial charge in [0.15, 0.2) is 4.98 Å². The van der Waals surface area contributed by atoms with E-state index in [2.05, 4.69) is 4.98 Å². The van der Waals surface area contributed by atoms with Crippen LogP contribution in [0.25, 0.3) is 15.9 Å². The van der Waals surface area contributed by atoms with Gasteiger partial charge in [-0.1, -0.05) is 0 Å². The van der Waals surface area contributed by atoms with E-state index in [-0.39, 0.29) is 11.0 Å². The molecule has 0 atom stereocenters. The number of fused-ring (bicyclic) bond motifs is 1. The highest BCUT2D eigenvalue weighted by molar-refractivity contribution is 5.89. The molecule has 0 saturated heterocycles. The van der Waals surface area contributed by atoms with E-state index < -0.39 is 17.1 Å². The number of methoxy groups -OCH3 is 1. The Morgan fingerprint density at radius 1 is 1.50 bits per heavy atom. The first-order chi connectivity index (χ1) is 7.67. The minimum absolute atomic E-state index is 0.161. The van der Waals surface area contributed by atoms with Crippen molar-refractivity contribution in [2.24, 2.45) is 0 Å². The van der Waals surface area contributed by atoms with Crippen molar-refractivity contribution in [2.75, 3.05) is 7.11 Å². The van der Waals surface area contributed by atoms with E-state index in [1.54, 1.807) is 6.07 Å². The normalized spacial score (nSPS) is 10.0. The molecule has 0 aliphatic carbocycles. The van der Waals surface area contributed by atoms with Crippen molar-refractivity contribution in [3.63, 3.8) is 0 Å². The molecular weight excluding hydrogens is 212 g/mol. The highest BCUT2D eigenvalue weighted by Crippen LogP contribution is 2.32. The number of nitrogens with zero attached hydrogens (tertiary/aromatic N) is 2. The van der Waals surface area contributed by atoms with Crippen LogP contribution in [-0.2, 0) is 0 Å². The van der Waals surface area contributed by atoms with Gasteiger partial charge in [-0.05, 0) is 12.1 Å². The van der Waals surface area contributed by atoms with Crippen molar-refractivity contribution < 1.29 is 14.3 Å². The summed E-state index contributed by atoms with van der Waals surface area (Å²) in [6.45, 7) is 0. The highest BCUT2D eigenvalue weighted by Gasteiger charge is 2.24. The first-order valence-corrected chi connectivity index (χ1v) is 4.36. The summed E-state index contributed by atoms with van der Waals surface area (Å²) in [6.07, 6.45) is 0. The molecule has 1 aromatic heterocycles. The molecular formula is C10H7N2O4+. The number of ether oxygens (including phenoxy) is 1. The van der Waals surface area contributed by atoms with E-state index in [9.17, 15) is 9.90 Å². The largest absolute Gasteiger partial charge is 0.510 e. The second-order valence-corrected chi connectivity index (χ2v) is 3.05. The maximum absolute atomic E-state index is 11.3. The van der Waals surface area contributed by atoms with E-state index in [1.807, 2.05) is 0 Å². The average molecular weight is 219 g/mol. The molecule has 6 heteroatoms. The summed E-state index contributed by atoms with van der Waals surface area (Å²) in [5, 5.41) is 18.5. The molecule has 0 spiro atoms. The van der Waals surface area contributed by atoms with Crippen molar-refractivity contribution >= 4 is 16.7 Å². The number of benzene rings is 1. The van der Waals surface area contributed by atoms with Crippen molar-refractivity contribution in [3.05, 3.63) is 33.6 Å². The lowest BCUT2D eigenvalue weighted by Gasteiger charge is -2.00. The Kier molecular flexibility index (Phi) is 2.21. The van der Waals surface area contributed by atoms with Crippen LogP contribution in [0.15, 0.2) is 27.4 Å². The zero-order chi connectivity index (χ0) is 11.7. The third-order valence-corrected chi connectivity index (χ3v) is 2.16. The Bertz CT molecular complexity index is 654. The fourth-order valence-corrected chi connectivity index (χ4v) is 1.37. The topological polar surface area (TPSA) is 87.8 Å². The summed E-state index contributed by atoms with van der Waals surface area (Å²) < 4.78 is 9.80. The third-order valence-electron chi connectivity index (χ3n) is 2.16. The molecule has 0 aliphatic rings. The Labute approximate surface area is 89.3 Å². The van der Waals surface area contributed by atoms with Gasteiger partial charge < -0.3 is 14.3 Å². The molecule has 6 nitrogen and oxygen atoms in total. The third kappa shape index (κ3) is 1.35. The van der Waals surface area contributed by atoms with E-state index in [4.69, 9.17) is 14.5 Å². The van der Waals surface area contributed by atoms with Crippen molar-refractivity contribution in [3.8, 4) is 11.5 Å². The molecule has 1 N–H and O–H groups in total. The Balaban J connectivity index is 2.88. The molecule has 0 saturated carbocycles. The first kappa shape index (κ1) is 9.98. The van der Waals surface area contributed by atoms with Crippen LogP contribution in [0.2, 0.25) is 0 Å². The van der Waals surface area contributed by atoms with Gasteiger partial charge in [0.2, 0.25) is 11.1 Å². The maximum Gasteiger partial charge on any atom is 0.510 e. The fourth-order valence-electron chi connectivity index (χ4n) is 1.37. The molecule has 0 amide bonds. The van der Waals surface area contributed by atoms with E-state index in [1.165, 1.54) is 19.2 Å². The van der Waals surface area contributed by atoms with Crippen molar-refractivity contribution in [2.45, 2.75) is 0 Å². The summed E-state index contributed by atoms with van der Waals surface area (Å²) in [5.41, 5.74) is -1.27. The fraction of sp³-hybridized carbons (Fsp3) is 0.100. The molecule has 16 heavy (non-hydrogen) atoms. The lowest BCUT2D eigenvalue weighted by Crippen LogP contribution is -1.97. The monoisotopic (exact) mass is 219 g/mol. The van der Waals surface area contributed by atoms with Crippen LogP contribution in [0, 0.1) is 5.39 Å². The van der Waals surface area contributed by atoms with Crippen LogP contribution in [0.3, 0.4) is 0 Å². The van der Waals surface area contributed by atoms with Crippen LogP contribution in [0.4, 0.5) is 5.69 Å². The van der Waals surface area contributed by atoms with Gasteiger partial charge in [0.1, 0.15) is 11.3 Å². The molecule has 0 unspecified atom stereocenters. The number of hydrogen-bond acceptors (Lipinski definition) is 5. The van der Waals surface area contributed by atoms with Gasteiger partial charge in [-0.2, -0.15) is 0 Å². The van der Waals surface area contributed by atoms with Gasteiger partial charge >= 0.3 is 11.3 Å². The summed E-state index contributed by atoms with van der Waals surface area (Å²) >= 11 is 0. The quantitative estimate of drug-likeness (QED) is 0.585. The predicted octanol–water partition coefficient (Wildman–Crippen LogP) is 1.99. The van der Waals surface area contributed by atoms with Crippen molar-refractivity contribution in [1.82, 2.24) is 0 Å². The van der Waals surface area contributed by atoms with Gasteiger partial charge in [0, 0.05) is 6.07 Å². The van der Waals surface area contributed by atoms with Gasteiger partial charge in [-0.25, -0.2) is 4.79 Å². The number of diazo groups is 1. The van der Waals surface area contributed by atoms with Crippen LogP contribution in [0.1, 0.15) is 0 Å². The molecule has 0 aliphatic heterocycles. The van der Waals surface area contributed by atoms with Gasteiger partial charge in [-0.3, -0.25) is 0 Å². The van der Waals surface area contributed by atoms with Gasteiger partial charge in [0.05, 0.1) is 12.5 Å². The predicted molar refractivity (Wildman–Crippen MR) is 55.4 cm³/mol. The smallest absolute Gasteiger partial charge is 0.501 e. The molecule has 2 aromatic rings. The van der Waals surface area contributed by atoms with Crippen LogP contribution < -0.4 is 10.4 Å². The SMILES string of the molecule is COc1ccc2c(O)c([N+]#N)c(=O)oc2c1. The average Bonchev–Trinajstić information content (AvgIpc) is 2.28. The molecule has 1 aromatic carbocycles. The summed E-state index contributed by atoms with van der Waals surface area (Å²) in [6, 6.07) is 4.54. The number of rotatable bonds is 1. The molecule has 0 bridgehead atoms. The zero-order valence-corrected chi connectivity index (χ0v) is 8.30. The molecule has 1 heterocycles. The molecule has 0 radical (unpaired) electrons. The minimum Gasteiger partial charge on any atom is -0.501 e. The maximum atomic E-state index is 11.3.